The molecule has 1 fully saturated rings. The van der Waals surface area contributed by atoms with Crippen molar-refractivity contribution in [2.45, 2.75) is 43.0 Å². The van der Waals surface area contributed by atoms with Crippen LogP contribution in [-0.4, -0.2) is 44.6 Å². The summed E-state index contributed by atoms with van der Waals surface area (Å²) in [6, 6.07) is 8.36. The number of rotatable bonds is 2. The Kier molecular flexibility index (Phi) is 6.17. The van der Waals surface area contributed by atoms with Crippen LogP contribution in [0, 0.1) is 0 Å². The van der Waals surface area contributed by atoms with Crippen LogP contribution in [0.3, 0.4) is 0 Å². The molecule has 0 aromatic heterocycles. The third kappa shape index (κ3) is 6.03. The van der Waals surface area contributed by atoms with Crippen molar-refractivity contribution in [3.05, 3.63) is 30.3 Å². The largest absolute Gasteiger partial charge is 0.328 e. The molecular formula is C15H26NO3S+. The molecule has 1 aromatic rings. The van der Waals surface area contributed by atoms with Gasteiger partial charge in [0.25, 0.3) is 10.1 Å². The minimum atomic E-state index is -4.00. The van der Waals surface area contributed by atoms with Gasteiger partial charge in [0, 0.05) is 0 Å². The molecule has 1 N–H and O–H groups in total. The van der Waals surface area contributed by atoms with Crippen molar-refractivity contribution in [1.82, 2.24) is 0 Å². The minimum absolute atomic E-state index is 0.0741. The number of quaternary nitrogens is 1. The van der Waals surface area contributed by atoms with Crippen molar-refractivity contribution in [2.75, 3.05) is 21.1 Å². The van der Waals surface area contributed by atoms with E-state index in [1.54, 1.807) is 18.2 Å². The Bertz CT molecular complexity index is 486. The molecule has 0 unspecified atom stereocenters. The van der Waals surface area contributed by atoms with Crippen molar-refractivity contribution >= 4 is 10.1 Å². The SMILES string of the molecule is C[N+](C)(C)C1CCCCC1.O=S(=O)(O)c1ccccc1. The van der Waals surface area contributed by atoms with Crippen LogP contribution in [0.4, 0.5) is 0 Å². The van der Waals surface area contributed by atoms with Crippen LogP contribution in [0.1, 0.15) is 32.1 Å². The van der Waals surface area contributed by atoms with Crippen LogP contribution in [-0.2, 0) is 10.1 Å². The summed E-state index contributed by atoms with van der Waals surface area (Å²) in [5, 5.41) is 0. The van der Waals surface area contributed by atoms with E-state index in [-0.39, 0.29) is 4.90 Å². The molecule has 2 rings (SSSR count). The first-order valence-corrected chi connectivity index (χ1v) is 8.49. The number of hydrogen-bond donors (Lipinski definition) is 1. The van der Waals surface area contributed by atoms with E-state index in [1.807, 2.05) is 0 Å². The second-order valence-corrected chi connectivity index (χ2v) is 7.62. The summed E-state index contributed by atoms with van der Waals surface area (Å²) in [6.45, 7) is 0. The highest BCUT2D eigenvalue weighted by Gasteiger charge is 2.24. The van der Waals surface area contributed by atoms with E-state index in [0.29, 0.717) is 0 Å². The maximum atomic E-state index is 10.4. The van der Waals surface area contributed by atoms with Gasteiger partial charge >= 0.3 is 0 Å². The summed E-state index contributed by atoms with van der Waals surface area (Å²) in [5.41, 5.74) is 0. The lowest BCUT2D eigenvalue weighted by Crippen LogP contribution is -2.45. The van der Waals surface area contributed by atoms with Gasteiger partial charge in [0.2, 0.25) is 0 Å². The van der Waals surface area contributed by atoms with Gasteiger partial charge in [0.15, 0.2) is 0 Å². The Morgan fingerprint density at radius 1 is 1.00 bits per heavy atom. The second kappa shape index (κ2) is 7.20. The zero-order valence-electron chi connectivity index (χ0n) is 12.6. The monoisotopic (exact) mass is 300 g/mol. The topological polar surface area (TPSA) is 54.4 Å². The van der Waals surface area contributed by atoms with Gasteiger partial charge in [-0.2, -0.15) is 8.42 Å². The molecule has 0 aliphatic heterocycles. The maximum absolute atomic E-state index is 10.4. The lowest BCUT2D eigenvalue weighted by molar-refractivity contribution is -0.897. The third-order valence-corrected chi connectivity index (χ3v) is 4.58. The predicted octanol–water partition coefficient (Wildman–Crippen LogP) is 2.96. The lowest BCUT2D eigenvalue weighted by atomic mass is 9.94. The van der Waals surface area contributed by atoms with Gasteiger partial charge in [-0.3, -0.25) is 4.55 Å². The minimum Gasteiger partial charge on any atom is -0.328 e. The summed E-state index contributed by atoms with van der Waals surface area (Å²) in [4.78, 5) is -0.0741. The Morgan fingerprint density at radius 2 is 1.50 bits per heavy atom. The number of nitrogens with zero attached hydrogens (tertiary/aromatic N) is 1. The summed E-state index contributed by atoms with van der Waals surface area (Å²) in [5.74, 6) is 0. The van der Waals surface area contributed by atoms with Gasteiger partial charge in [-0.1, -0.05) is 24.6 Å². The van der Waals surface area contributed by atoms with E-state index in [2.05, 4.69) is 21.1 Å². The van der Waals surface area contributed by atoms with Gasteiger partial charge in [0.1, 0.15) is 0 Å². The molecule has 1 aromatic carbocycles. The Morgan fingerprint density at radius 3 is 1.80 bits per heavy atom. The molecule has 0 atom stereocenters. The molecule has 0 spiro atoms. The van der Waals surface area contributed by atoms with Crippen molar-refractivity contribution < 1.29 is 17.5 Å². The fourth-order valence-electron chi connectivity index (χ4n) is 2.45. The molecule has 0 saturated heterocycles. The predicted molar refractivity (Wildman–Crippen MR) is 81.2 cm³/mol. The quantitative estimate of drug-likeness (QED) is 0.675. The number of hydrogen-bond acceptors (Lipinski definition) is 2. The molecule has 1 saturated carbocycles. The summed E-state index contributed by atoms with van der Waals surface area (Å²) in [7, 11) is 2.94. The van der Waals surface area contributed by atoms with Gasteiger partial charge < -0.3 is 4.48 Å². The summed E-state index contributed by atoms with van der Waals surface area (Å²) >= 11 is 0. The van der Waals surface area contributed by atoms with Crippen LogP contribution in [0.25, 0.3) is 0 Å². The van der Waals surface area contributed by atoms with Gasteiger partial charge in [-0.15, -0.1) is 0 Å². The van der Waals surface area contributed by atoms with Crippen molar-refractivity contribution in [3.8, 4) is 0 Å². The van der Waals surface area contributed by atoms with Crippen LogP contribution >= 0.6 is 0 Å². The highest BCUT2D eigenvalue weighted by Crippen LogP contribution is 2.23. The van der Waals surface area contributed by atoms with Crippen molar-refractivity contribution in [1.29, 1.82) is 0 Å². The Labute approximate surface area is 122 Å². The van der Waals surface area contributed by atoms with E-state index in [1.165, 1.54) is 48.7 Å². The molecule has 4 nitrogen and oxygen atoms in total. The first-order valence-electron chi connectivity index (χ1n) is 7.05. The second-order valence-electron chi connectivity index (χ2n) is 6.20. The van der Waals surface area contributed by atoms with E-state index in [0.717, 1.165) is 6.04 Å². The van der Waals surface area contributed by atoms with Crippen LogP contribution in [0.5, 0.6) is 0 Å². The molecule has 5 heteroatoms. The lowest BCUT2D eigenvalue weighted by Gasteiger charge is -2.36. The van der Waals surface area contributed by atoms with E-state index in [9.17, 15) is 8.42 Å². The van der Waals surface area contributed by atoms with Gasteiger partial charge in [-0.05, 0) is 37.8 Å². The fraction of sp³-hybridized carbons (Fsp3) is 0.600. The molecule has 0 radical (unpaired) electrons. The smallest absolute Gasteiger partial charge is 0.294 e. The molecule has 1 aliphatic carbocycles. The first kappa shape index (κ1) is 17.1. The Balaban J connectivity index is 0.000000200. The average molecular weight is 300 g/mol. The molecule has 20 heavy (non-hydrogen) atoms. The first-order chi connectivity index (χ1) is 9.21. The van der Waals surface area contributed by atoms with E-state index < -0.39 is 10.1 Å². The van der Waals surface area contributed by atoms with Gasteiger partial charge in [0.05, 0.1) is 32.1 Å². The summed E-state index contributed by atoms with van der Waals surface area (Å²) < 4.78 is 30.4. The third-order valence-electron chi connectivity index (χ3n) is 3.71. The highest BCUT2D eigenvalue weighted by atomic mass is 32.2. The van der Waals surface area contributed by atoms with Gasteiger partial charge in [-0.25, -0.2) is 0 Å². The zero-order chi connectivity index (χ0) is 15.2. The molecule has 114 valence electrons. The average Bonchev–Trinajstić information content (AvgIpc) is 2.40. The van der Waals surface area contributed by atoms with Crippen LogP contribution in [0.15, 0.2) is 35.2 Å². The molecular weight excluding hydrogens is 274 g/mol. The summed E-state index contributed by atoms with van der Waals surface area (Å²) in [6.07, 6.45) is 7.28. The molecule has 0 amide bonds. The number of benzene rings is 1. The highest BCUT2D eigenvalue weighted by molar-refractivity contribution is 7.85. The van der Waals surface area contributed by atoms with Crippen LogP contribution in [0.2, 0.25) is 0 Å². The maximum Gasteiger partial charge on any atom is 0.294 e. The molecule has 1 aliphatic rings. The fourth-order valence-corrected chi connectivity index (χ4v) is 2.95. The molecule has 0 heterocycles. The normalized spacial score (nSPS) is 17.2. The van der Waals surface area contributed by atoms with Crippen molar-refractivity contribution in [2.24, 2.45) is 0 Å². The van der Waals surface area contributed by atoms with Crippen LogP contribution < -0.4 is 0 Å². The van der Waals surface area contributed by atoms with E-state index >= 15 is 0 Å². The molecule has 0 bridgehead atoms. The van der Waals surface area contributed by atoms with Crippen molar-refractivity contribution in [3.63, 3.8) is 0 Å². The zero-order valence-corrected chi connectivity index (χ0v) is 13.4. The van der Waals surface area contributed by atoms with E-state index in [4.69, 9.17) is 4.55 Å². The Hall–Kier alpha value is -0.910. The standard InChI is InChI=1S/C9H20N.C6H6O3S/c1-10(2,3)9-7-5-4-6-8-9;7-10(8,9)6-4-2-1-3-5-6/h9H,4-8H2,1-3H3;1-5H,(H,7,8,9)/q+1;.